The molecule has 2 atom stereocenters. The van der Waals surface area contributed by atoms with E-state index in [9.17, 15) is 10.2 Å². The summed E-state index contributed by atoms with van der Waals surface area (Å²) in [4.78, 5) is 0. The molecular formula is C15H24O2. The molecule has 0 amide bonds. The third-order valence-corrected chi connectivity index (χ3v) is 3.21. The maximum Gasteiger partial charge on any atom is 0.105 e. The molecule has 0 saturated heterocycles. The average molecular weight is 236 g/mol. The van der Waals surface area contributed by atoms with Gasteiger partial charge in [-0.05, 0) is 48.4 Å². The van der Waals surface area contributed by atoms with Gasteiger partial charge in [-0.1, -0.05) is 32.9 Å². The van der Waals surface area contributed by atoms with Crippen molar-refractivity contribution in [3.05, 3.63) is 34.4 Å². The Morgan fingerprint density at radius 2 is 1.41 bits per heavy atom. The number of benzene rings is 1. The van der Waals surface area contributed by atoms with E-state index < -0.39 is 12.2 Å². The van der Waals surface area contributed by atoms with E-state index in [0.29, 0.717) is 0 Å². The third-order valence-electron chi connectivity index (χ3n) is 3.21. The highest BCUT2D eigenvalue weighted by Crippen LogP contribution is 2.30. The molecular weight excluding hydrogens is 212 g/mol. The minimum Gasteiger partial charge on any atom is -0.390 e. The van der Waals surface area contributed by atoms with Gasteiger partial charge in [0.05, 0.1) is 6.10 Å². The molecule has 2 unspecified atom stereocenters. The Kier molecular flexibility index (Phi) is 4.00. The molecule has 1 aromatic rings. The van der Waals surface area contributed by atoms with Crippen molar-refractivity contribution in [1.82, 2.24) is 0 Å². The molecule has 96 valence electrons. The van der Waals surface area contributed by atoms with Gasteiger partial charge in [-0.25, -0.2) is 0 Å². The van der Waals surface area contributed by atoms with Crippen molar-refractivity contribution in [2.24, 2.45) is 0 Å². The molecule has 2 N–H and O–H groups in total. The summed E-state index contributed by atoms with van der Waals surface area (Å²) in [5, 5.41) is 19.5. The predicted octanol–water partition coefficient (Wildman–Crippen LogP) is 3.02. The van der Waals surface area contributed by atoms with Crippen molar-refractivity contribution in [2.45, 2.75) is 59.2 Å². The van der Waals surface area contributed by atoms with Gasteiger partial charge in [0, 0.05) is 0 Å². The van der Waals surface area contributed by atoms with Crippen LogP contribution in [0, 0.1) is 13.8 Å². The maximum absolute atomic E-state index is 10.0. The van der Waals surface area contributed by atoms with Crippen molar-refractivity contribution < 1.29 is 10.2 Å². The summed E-state index contributed by atoms with van der Waals surface area (Å²) >= 11 is 0. The van der Waals surface area contributed by atoms with Gasteiger partial charge in [0.2, 0.25) is 0 Å². The Balaban J connectivity index is 3.29. The highest BCUT2D eigenvalue weighted by atomic mass is 16.3. The molecule has 0 aromatic heterocycles. The first-order chi connectivity index (χ1) is 7.64. The normalized spacial score (nSPS) is 15.8. The van der Waals surface area contributed by atoms with Crippen LogP contribution in [-0.4, -0.2) is 16.3 Å². The Morgan fingerprint density at radius 1 is 1.00 bits per heavy atom. The molecule has 2 heteroatoms. The molecule has 0 radical (unpaired) electrons. The second kappa shape index (κ2) is 4.79. The molecule has 1 aromatic carbocycles. The van der Waals surface area contributed by atoms with Crippen molar-refractivity contribution in [1.29, 1.82) is 0 Å². The first-order valence-electron chi connectivity index (χ1n) is 6.12. The molecule has 2 nitrogen and oxygen atoms in total. The van der Waals surface area contributed by atoms with Crippen molar-refractivity contribution in [3.63, 3.8) is 0 Å². The number of rotatable bonds is 2. The SMILES string of the molecule is Cc1cc(C(C)(C)C)cc(C)c1C(O)C(C)O. The molecule has 0 bridgehead atoms. The van der Waals surface area contributed by atoms with E-state index in [1.54, 1.807) is 6.92 Å². The summed E-state index contributed by atoms with van der Waals surface area (Å²) in [6.45, 7) is 12.1. The highest BCUT2D eigenvalue weighted by Gasteiger charge is 2.21. The van der Waals surface area contributed by atoms with Crippen LogP contribution in [0.4, 0.5) is 0 Å². The molecule has 0 aliphatic heterocycles. The molecule has 17 heavy (non-hydrogen) atoms. The van der Waals surface area contributed by atoms with Gasteiger partial charge in [0.25, 0.3) is 0 Å². The van der Waals surface area contributed by atoms with Crippen LogP contribution in [-0.2, 0) is 5.41 Å². The van der Waals surface area contributed by atoms with Gasteiger partial charge < -0.3 is 10.2 Å². The molecule has 0 aliphatic rings. The van der Waals surface area contributed by atoms with E-state index in [4.69, 9.17) is 0 Å². The van der Waals surface area contributed by atoms with E-state index in [1.165, 1.54) is 5.56 Å². The average Bonchev–Trinajstić information content (AvgIpc) is 2.14. The standard InChI is InChI=1S/C15H24O2/c1-9-7-12(15(4,5)6)8-10(2)13(9)14(17)11(3)16/h7-8,11,14,16-17H,1-6H3. The van der Waals surface area contributed by atoms with Crippen LogP contribution in [0.25, 0.3) is 0 Å². The summed E-state index contributed by atoms with van der Waals surface area (Å²) in [5.74, 6) is 0. The molecule has 0 heterocycles. The zero-order valence-corrected chi connectivity index (χ0v) is 11.7. The maximum atomic E-state index is 10.0. The summed E-state index contributed by atoms with van der Waals surface area (Å²) in [7, 11) is 0. The Hall–Kier alpha value is -0.860. The number of hydrogen-bond acceptors (Lipinski definition) is 2. The van der Waals surface area contributed by atoms with Crippen LogP contribution in [0.5, 0.6) is 0 Å². The predicted molar refractivity (Wildman–Crippen MR) is 71.3 cm³/mol. The first kappa shape index (κ1) is 14.2. The lowest BCUT2D eigenvalue weighted by Crippen LogP contribution is -2.18. The van der Waals surface area contributed by atoms with E-state index in [2.05, 4.69) is 32.9 Å². The smallest absolute Gasteiger partial charge is 0.105 e. The lowest BCUT2D eigenvalue weighted by molar-refractivity contribution is 0.0297. The van der Waals surface area contributed by atoms with Crippen molar-refractivity contribution in [3.8, 4) is 0 Å². The Morgan fingerprint density at radius 3 is 1.71 bits per heavy atom. The minimum absolute atomic E-state index is 0.101. The van der Waals surface area contributed by atoms with Gasteiger partial charge in [0.15, 0.2) is 0 Å². The van der Waals surface area contributed by atoms with Gasteiger partial charge in [-0.3, -0.25) is 0 Å². The van der Waals surface area contributed by atoms with E-state index in [-0.39, 0.29) is 5.41 Å². The molecule has 0 spiro atoms. The van der Waals surface area contributed by atoms with Crippen LogP contribution in [0.1, 0.15) is 56.1 Å². The van der Waals surface area contributed by atoms with E-state index in [0.717, 1.165) is 16.7 Å². The fourth-order valence-corrected chi connectivity index (χ4v) is 2.12. The molecule has 0 fully saturated rings. The summed E-state index contributed by atoms with van der Waals surface area (Å²) in [5.41, 5.74) is 4.30. The number of hydrogen-bond donors (Lipinski definition) is 2. The van der Waals surface area contributed by atoms with Crippen LogP contribution in [0.3, 0.4) is 0 Å². The fraction of sp³-hybridized carbons (Fsp3) is 0.600. The lowest BCUT2D eigenvalue weighted by atomic mass is 9.82. The largest absolute Gasteiger partial charge is 0.390 e. The van der Waals surface area contributed by atoms with Crippen LogP contribution in [0.15, 0.2) is 12.1 Å². The fourth-order valence-electron chi connectivity index (χ4n) is 2.12. The highest BCUT2D eigenvalue weighted by molar-refractivity contribution is 5.42. The Bertz CT molecular complexity index is 377. The minimum atomic E-state index is -0.802. The zero-order valence-electron chi connectivity index (χ0n) is 11.7. The summed E-state index contributed by atoms with van der Waals surface area (Å²) < 4.78 is 0. The molecule has 0 aliphatic carbocycles. The van der Waals surface area contributed by atoms with Gasteiger partial charge in [-0.15, -0.1) is 0 Å². The monoisotopic (exact) mass is 236 g/mol. The second-order valence-corrected chi connectivity index (χ2v) is 5.96. The van der Waals surface area contributed by atoms with E-state index >= 15 is 0 Å². The van der Waals surface area contributed by atoms with Gasteiger partial charge >= 0.3 is 0 Å². The molecule has 1 rings (SSSR count). The van der Waals surface area contributed by atoms with Gasteiger partial charge in [-0.2, -0.15) is 0 Å². The third kappa shape index (κ3) is 3.08. The van der Waals surface area contributed by atoms with Crippen LogP contribution >= 0.6 is 0 Å². The summed E-state index contributed by atoms with van der Waals surface area (Å²) in [6, 6.07) is 4.21. The number of aryl methyl sites for hydroxylation is 2. The number of aliphatic hydroxyl groups excluding tert-OH is 2. The van der Waals surface area contributed by atoms with Gasteiger partial charge in [0.1, 0.15) is 6.10 Å². The number of aliphatic hydroxyl groups is 2. The Labute approximate surface area is 104 Å². The first-order valence-corrected chi connectivity index (χ1v) is 6.12. The van der Waals surface area contributed by atoms with Crippen molar-refractivity contribution in [2.75, 3.05) is 0 Å². The van der Waals surface area contributed by atoms with Crippen LogP contribution < -0.4 is 0 Å². The van der Waals surface area contributed by atoms with Crippen molar-refractivity contribution >= 4 is 0 Å². The quantitative estimate of drug-likeness (QED) is 0.828. The van der Waals surface area contributed by atoms with Crippen LogP contribution in [0.2, 0.25) is 0 Å². The second-order valence-electron chi connectivity index (χ2n) is 5.96. The van der Waals surface area contributed by atoms with E-state index in [1.807, 2.05) is 13.8 Å². The molecule has 0 saturated carbocycles. The summed E-state index contributed by atoms with van der Waals surface area (Å²) in [6.07, 6.45) is -1.54. The lowest BCUT2D eigenvalue weighted by Gasteiger charge is -2.25. The zero-order chi connectivity index (χ0) is 13.4. The topological polar surface area (TPSA) is 40.5 Å².